The van der Waals surface area contributed by atoms with Gasteiger partial charge < -0.3 is 4.84 Å². The van der Waals surface area contributed by atoms with Crippen LogP contribution in [-0.2, 0) is 14.4 Å². The number of hydroxylamine groups is 2. The zero-order valence-electron chi connectivity index (χ0n) is 11.7. The molecule has 1 unspecified atom stereocenters. The lowest BCUT2D eigenvalue weighted by atomic mass is 10.00. The molecule has 100 valence electrons. The van der Waals surface area contributed by atoms with Crippen LogP contribution in [0.5, 0.6) is 0 Å². The summed E-state index contributed by atoms with van der Waals surface area (Å²) in [5.41, 5.74) is 0. The monoisotopic (exact) mass is 243 g/mol. The Hall–Kier alpha value is -1.06. The number of hydrogen-bond donors (Lipinski definition) is 0. The molecule has 0 rings (SSSR count). The molecule has 0 aromatic rings. The van der Waals surface area contributed by atoms with Gasteiger partial charge in [-0.25, -0.2) is 4.79 Å². The molecule has 0 aromatic heterocycles. The van der Waals surface area contributed by atoms with Crippen LogP contribution in [0.1, 0.15) is 60.3 Å². The van der Waals surface area contributed by atoms with Crippen LogP contribution < -0.4 is 0 Å². The predicted molar refractivity (Wildman–Crippen MR) is 67.1 cm³/mol. The zero-order valence-corrected chi connectivity index (χ0v) is 11.7. The molecule has 0 spiro atoms. The normalized spacial score (nSPS) is 12.4. The minimum absolute atomic E-state index is 0.101. The van der Waals surface area contributed by atoms with Crippen LogP contribution in [0, 0.1) is 5.92 Å². The van der Waals surface area contributed by atoms with Gasteiger partial charge in [-0.3, -0.25) is 4.79 Å². The van der Waals surface area contributed by atoms with Crippen molar-refractivity contribution in [3.8, 4) is 0 Å². The number of hydrogen-bond acceptors (Lipinski definition) is 3. The van der Waals surface area contributed by atoms with Gasteiger partial charge in [0.1, 0.15) is 0 Å². The van der Waals surface area contributed by atoms with E-state index in [0.29, 0.717) is 0 Å². The van der Waals surface area contributed by atoms with Crippen molar-refractivity contribution in [2.45, 2.75) is 66.3 Å². The summed E-state index contributed by atoms with van der Waals surface area (Å²) in [6.07, 6.45) is 3.65. The fourth-order valence-corrected chi connectivity index (χ4v) is 1.64. The number of carbonyl (C=O) groups is 2. The molecule has 0 aliphatic heterocycles. The Morgan fingerprint density at radius 1 is 1.24 bits per heavy atom. The van der Waals surface area contributed by atoms with Crippen LogP contribution in [0.25, 0.3) is 0 Å². The molecule has 0 bridgehead atoms. The van der Waals surface area contributed by atoms with Crippen LogP contribution in [-0.4, -0.2) is 23.0 Å². The first-order valence-corrected chi connectivity index (χ1v) is 6.45. The van der Waals surface area contributed by atoms with Gasteiger partial charge in [-0.05, 0) is 26.7 Å². The Balaban J connectivity index is 4.41. The maximum Gasteiger partial charge on any atom is 0.335 e. The molecule has 0 aromatic carbocycles. The van der Waals surface area contributed by atoms with Crippen LogP contribution >= 0.6 is 0 Å². The Morgan fingerprint density at radius 3 is 2.18 bits per heavy atom. The average molecular weight is 243 g/mol. The van der Waals surface area contributed by atoms with Gasteiger partial charge in [-0.15, -0.1) is 0 Å². The first kappa shape index (κ1) is 15.9. The van der Waals surface area contributed by atoms with E-state index in [-0.39, 0.29) is 23.8 Å². The molecule has 0 N–H and O–H groups in total. The minimum Gasteiger partial charge on any atom is -0.338 e. The summed E-state index contributed by atoms with van der Waals surface area (Å²) in [4.78, 5) is 28.3. The number of nitrogens with zero attached hydrogens (tertiary/aromatic N) is 1. The summed E-state index contributed by atoms with van der Waals surface area (Å²) in [5, 5.41) is 1.15. The van der Waals surface area contributed by atoms with Crippen molar-refractivity contribution in [1.29, 1.82) is 0 Å². The Bertz CT molecular complexity index is 251. The van der Waals surface area contributed by atoms with Gasteiger partial charge in [0.05, 0.1) is 12.0 Å². The fraction of sp³-hybridized carbons (Fsp3) is 0.846. The smallest absolute Gasteiger partial charge is 0.335 e. The summed E-state index contributed by atoms with van der Waals surface area (Å²) in [6.45, 7) is 9.10. The van der Waals surface area contributed by atoms with E-state index in [1.165, 1.54) is 6.92 Å². The van der Waals surface area contributed by atoms with E-state index in [1.807, 2.05) is 20.8 Å². The highest BCUT2D eigenvalue weighted by atomic mass is 16.7. The van der Waals surface area contributed by atoms with Crippen molar-refractivity contribution in [3.63, 3.8) is 0 Å². The topological polar surface area (TPSA) is 46.6 Å². The van der Waals surface area contributed by atoms with E-state index in [0.717, 1.165) is 30.7 Å². The van der Waals surface area contributed by atoms with Crippen molar-refractivity contribution >= 4 is 11.9 Å². The number of rotatable bonds is 6. The number of amides is 1. The lowest BCUT2D eigenvalue weighted by Crippen LogP contribution is -2.39. The molecule has 0 saturated heterocycles. The summed E-state index contributed by atoms with van der Waals surface area (Å²) in [7, 11) is 0. The van der Waals surface area contributed by atoms with Gasteiger partial charge in [0.2, 0.25) is 0 Å². The average Bonchev–Trinajstić information content (AvgIpc) is 2.26. The molecule has 1 amide bonds. The van der Waals surface area contributed by atoms with Gasteiger partial charge in [0, 0.05) is 6.92 Å². The second-order valence-electron chi connectivity index (χ2n) is 4.60. The molecule has 1 atom stereocenters. The minimum atomic E-state index is -0.287. The van der Waals surface area contributed by atoms with Crippen LogP contribution in [0.4, 0.5) is 0 Å². The third-order valence-corrected chi connectivity index (χ3v) is 2.70. The Morgan fingerprint density at radius 2 is 1.82 bits per heavy atom. The highest BCUT2D eigenvalue weighted by molar-refractivity contribution is 5.77. The standard InChI is InChI=1S/C13H25NO3/c1-6-8-9-12(7-2)13(16)17-14(10(3)4)11(5)15/h10,12H,6-9H2,1-5H3. The maximum atomic E-state index is 11.9. The van der Waals surface area contributed by atoms with Gasteiger partial charge in [0.25, 0.3) is 5.91 Å². The van der Waals surface area contributed by atoms with Crippen molar-refractivity contribution in [1.82, 2.24) is 5.06 Å². The molecular formula is C13H25NO3. The molecule has 17 heavy (non-hydrogen) atoms. The lowest BCUT2D eigenvalue weighted by Gasteiger charge is -2.25. The molecule has 0 heterocycles. The van der Waals surface area contributed by atoms with Crippen molar-refractivity contribution in [3.05, 3.63) is 0 Å². The van der Waals surface area contributed by atoms with Crippen molar-refractivity contribution in [2.75, 3.05) is 0 Å². The van der Waals surface area contributed by atoms with E-state index >= 15 is 0 Å². The molecular weight excluding hydrogens is 218 g/mol. The molecule has 0 aliphatic carbocycles. The molecule has 0 saturated carbocycles. The van der Waals surface area contributed by atoms with E-state index < -0.39 is 0 Å². The molecule has 4 nitrogen and oxygen atoms in total. The van der Waals surface area contributed by atoms with Gasteiger partial charge >= 0.3 is 5.97 Å². The number of carbonyl (C=O) groups excluding carboxylic acids is 2. The predicted octanol–water partition coefficient (Wildman–Crippen LogP) is 2.92. The largest absolute Gasteiger partial charge is 0.338 e. The van der Waals surface area contributed by atoms with E-state index in [2.05, 4.69) is 6.92 Å². The van der Waals surface area contributed by atoms with Crippen molar-refractivity contribution < 1.29 is 14.4 Å². The third kappa shape index (κ3) is 5.71. The summed E-state index contributed by atoms with van der Waals surface area (Å²) in [5.74, 6) is -0.626. The summed E-state index contributed by atoms with van der Waals surface area (Å²) < 4.78 is 0. The second-order valence-corrected chi connectivity index (χ2v) is 4.60. The maximum absolute atomic E-state index is 11.9. The van der Waals surface area contributed by atoms with Crippen LogP contribution in [0.3, 0.4) is 0 Å². The molecule has 4 heteroatoms. The van der Waals surface area contributed by atoms with Gasteiger partial charge in [0.15, 0.2) is 0 Å². The third-order valence-electron chi connectivity index (χ3n) is 2.70. The molecule has 0 aliphatic rings. The summed E-state index contributed by atoms with van der Waals surface area (Å²) >= 11 is 0. The quantitative estimate of drug-likeness (QED) is 0.674. The molecule has 0 radical (unpaired) electrons. The second kappa shape index (κ2) is 8.09. The van der Waals surface area contributed by atoms with Gasteiger partial charge in [-0.2, -0.15) is 5.06 Å². The lowest BCUT2D eigenvalue weighted by molar-refractivity contribution is -0.207. The first-order valence-electron chi connectivity index (χ1n) is 6.45. The highest BCUT2D eigenvalue weighted by Crippen LogP contribution is 2.16. The van der Waals surface area contributed by atoms with Gasteiger partial charge in [-0.1, -0.05) is 26.7 Å². The van der Waals surface area contributed by atoms with E-state index in [9.17, 15) is 9.59 Å². The van der Waals surface area contributed by atoms with E-state index in [1.54, 1.807) is 0 Å². The highest BCUT2D eigenvalue weighted by Gasteiger charge is 2.24. The summed E-state index contributed by atoms with van der Waals surface area (Å²) in [6, 6.07) is -0.125. The van der Waals surface area contributed by atoms with E-state index in [4.69, 9.17) is 4.84 Å². The SMILES string of the molecule is CCCCC(CC)C(=O)ON(C(C)=O)C(C)C. The van der Waals surface area contributed by atoms with Crippen molar-refractivity contribution in [2.24, 2.45) is 5.92 Å². The Labute approximate surface area is 104 Å². The zero-order chi connectivity index (χ0) is 13.4. The fourth-order valence-electron chi connectivity index (χ4n) is 1.64. The van der Waals surface area contributed by atoms with Crippen LogP contribution in [0.15, 0.2) is 0 Å². The van der Waals surface area contributed by atoms with Crippen LogP contribution in [0.2, 0.25) is 0 Å². The molecule has 0 fully saturated rings. The first-order chi connectivity index (χ1) is 7.93. The number of unbranched alkanes of at least 4 members (excludes halogenated alkanes) is 1. The Kier molecular flexibility index (Phi) is 7.59.